The van der Waals surface area contributed by atoms with E-state index in [2.05, 4.69) is 5.32 Å². The highest BCUT2D eigenvalue weighted by molar-refractivity contribution is 5.76. The molecule has 1 saturated heterocycles. The number of nitrogens with zero attached hydrogens (tertiary/aromatic N) is 1. The van der Waals surface area contributed by atoms with Crippen molar-refractivity contribution in [2.24, 2.45) is 0 Å². The van der Waals surface area contributed by atoms with E-state index < -0.39 is 0 Å². The summed E-state index contributed by atoms with van der Waals surface area (Å²) in [5.41, 5.74) is 0.844. The molecule has 1 heterocycles. The van der Waals surface area contributed by atoms with Crippen molar-refractivity contribution in [3.05, 3.63) is 35.6 Å². The van der Waals surface area contributed by atoms with Crippen LogP contribution in [0.2, 0.25) is 0 Å². The smallest absolute Gasteiger partial charge is 0.222 e. The summed E-state index contributed by atoms with van der Waals surface area (Å²) in [6, 6.07) is 6.54. The first-order valence-corrected chi connectivity index (χ1v) is 7.34. The van der Waals surface area contributed by atoms with E-state index in [-0.39, 0.29) is 23.7 Å². The van der Waals surface area contributed by atoms with Crippen molar-refractivity contribution in [3.63, 3.8) is 0 Å². The minimum atomic E-state index is -0.268. The van der Waals surface area contributed by atoms with Gasteiger partial charge in [0.25, 0.3) is 0 Å². The maximum atomic E-state index is 13.1. The van der Waals surface area contributed by atoms with Crippen molar-refractivity contribution in [2.45, 2.75) is 38.6 Å². The van der Waals surface area contributed by atoms with Crippen molar-refractivity contribution in [1.82, 2.24) is 10.2 Å². The first kappa shape index (κ1) is 15.5. The lowest BCUT2D eigenvalue weighted by Crippen LogP contribution is -2.46. The predicted molar refractivity (Wildman–Crippen MR) is 78.1 cm³/mol. The third-order valence-electron chi connectivity index (χ3n) is 3.77. The van der Waals surface area contributed by atoms with Crippen molar-refractivity contribution in [1.29, 1.82) is 0 Å². The molecule has 1 aliphatic heterocycles. The molecular formula is C16H21FN2O2. The van der Waals surface area contributed by atoms with Gasteiger partial charge >= 0.3 is 0 Å². The number of aryl methyl sites for hydroxylation is 1. The second-order valence-corrected chi connectivity index (χ2v) is 5.49. The molecule has 0 radical (unpaired) electrons. The summed E-state index contributed by atoms with van der Waals surface area (Å²) in [5, 5.41) is 2.89. The quantitative estimate of drug-likeness (QED) is 0.921. The number of rotatable bonds is 4. The number of hydrogen-bond acceptors (Lipinski definition) is 2. The minimum absolute atomic E-state index is 0.0223. The van der Waals surface area contributed by atoms with E-state index in [4.69, 9.17) is 0 Å². The fourth-order valence-corrected chi connectivity index (χ4v) is 2.66. The number of carbonyl (C=O) groups excluding carboxylic acids is 2. The fourth-order valence-electron chi connectivity index (χ4n) is 2.66. The van der Waals surface area contributed by atoms with E-state index in [9.17, 15) is 14.0 Å². The maximum Gasteiger partial charge on any atom is 0.222 e. The van der Waals surface area contributed by atoms with Crippen LogP contribution >= 0.6 is 0 Å². The molecule has 1 aromatic rings. The number of piperidine rings is 1. The van der Waals surface area contributed by atoms with Crippen LogP contribution in [-0.2, 0) is 16.0 Å². The second kappa shape index (κ2) is 7.20. The van der Waals surface area contributed by atoms with Crippen LogP contribution in [0.5, 0.6) is 0 Å². The van der Waals surface area contributed by atoms with Crippen LogP contribution in [0.4, 0.5) is 4.39 Å². The molecule has 0 saturated carbocycles. The molecule has 21 heavy (non-hydrogen) atoms. The zero-order chi connectivity index (χ0) is 15.2. The van der Waals surface area contributed by atoms with Crippen LogP contribution in [-0.4, -0.2) is 35.8 Å². The molecule has 2 amide bonds. The highest BCUT2D eigenvalue weighted by atomic mass is 19.1. The van der Waals surface area contributed by atoms with Gasteiger partial charge in [-0.05, 0) is 37.0 Å². The van der Waals surface area contributed by atoms with E-state index >= 15 is 0 Å². The van der Waals surface area contributed by atoms with Crippen LogP contribution in [0.3, 0.4) is 0 Å². The van der Waals surface area contributed by atoms with E-state index in [1.807, 2.05) is 11.0 Å². The summed E-state index contributed by atoms with van der Waals surface area (Å²) in [5.74, 6) is -0.192. The van der Waals surface area contributed by atoms with Gasteiger partial charge in [0.2, 0.25) is 11.8 Å². The van der Waals surface area contributed by atoms with Crippen LogP contribution in [0.25, 0.3) is 0 Å². The molecule has 0 bridgehead atoms. The molecule has 0 unspecified atom stereocenters. The Kier molecular flexibility index (Phi) is 5.31. The van der Waals surface area contributed by atoms with Crippen LogP contribution in [0, 0.1) is 5.82 Å². The van der Waals surface area contributed by atoms with Crippen LogP contribution in [0.1, 0.15) is 31.7 Å². The third kappa shape index (κ3) is 4.85. The summed E-state index contributed by atoms with van der Waals surface area (Å²) in [6.45, 7) is 2.86. The van der Waals surface area contributed by atoms with Crippen molar-refractivity contribution >= 4 is 11.8 Å². The Balaban J connectivity index is 1.76. The van der Waals surface area contributed by atoms with Crippen molar-refractivity contribution < 1.29 is 14.0 Å². The van der Waals surface area contributed by atoms with Crippen LogP contribution in [0.15, 0.2) is 24.3 Å². The Morgan fingerprint density at radius 2 is 2.05 bits per heavy atom. The molecule has 0 atom stereocenters. The average Bonchev–Trinajstić information content (AvgIpc) is 2.45. The summed E-state index contributed by atoms with van der Waals surface area (Å²) >= 11 is 0. The van der Waals surface area contributed by atoms with Crippen LogP contribution < -0.4 is 5.32 Å². The molecule has 2 rings (SSSR count). The molecule has 1 aromatic carbocycles. The van der Waals surface area contributed by atoms with E-state index in [1.54, 1.807) is 6.07 Å². The van der Waals surface area contributed by atoms with E-state index in [1.165, 1.54) is 19.1 Å². The number of halogens is 1. The third-order valence-corrected chi connectivity index (χ3v) is 3.77. The summed E-state index contributed by atoms with van der Waals surface area (Å²) < 4.78 is 13.1. The van der Waals surface area contributed by atoms with Gasteiger partial charge in [0, 0.05) is 32.5 Å². The Labute approximate surface area is 124 Å². The molecule has 4 nitrogen and oxygen atoms in total. The number of likely N-dealkylation sites (tertiary alicyclic amines) is 1. The summed E-state index contributed by atoms with van der Waals surface area (Å²) in [6.07, 6.45) is 2.55. The molecule has 5 heteroatoms. The Morgan fingerprint density at radius 3 is 2.67 bits per heavy atom. The van der Waals surface area contributed by atoms with Crippen molar-refractivity contribution in [3.8, 4) is 0 Å². The zero-order valence-corrected chi connectivity index (χ0v) is 12.3. The van der Waals surface area contributed by atoms with Gasteiger partial charge in [-0.2, -0.15) is 0 Å². The number of carbonyl (C=O) groups is 2. The van der Waals surface area contributed by atoms with Gasteiger partial charge in [-0.1, -0.05) is 12.1 Å². The number of hydrogen-bond donors (Lipinski definition) is 1. The lowest BCUT2D eigenvalue weighted by atomic mass is 10.0. The average molecular weight is 292 g/mol. The first-order chi connectivity index (χ1) is 10.0. The Hall–Kier alpha value is -1.91. The summed E-state index contributed by atoms with van der Waals surface area (Å²) in [4.78, 5) is 25.0. The highest BCUT2D eigenvalue weighted by Crippen LogP contribution is 2.13. The molecular weight excluding hydrogens is 271 g/mol. The molecule has 1 fully saturated rings. The zero-order valence-electron chi connectivity index (χ0n) is 12.3. The highest BCUT2D eigenvalue weighted by Gasteiger charge is 2.22. The Morgan fingerprint density at radius 1 is 1.33 bits per heavy atom. The molecule has 0 aliphatic carbocycles. The van der Waals surface area contributed by atoms with Gasteiger partial charge in [-0.3, -0.25) is 9.59 Å². The maximum absolute atomic E-state index is 13.1. The molecule has 114 valence electrons. The fraction of sp³-hybridized carbons (Fsp3) is 0.500. The normalized spacial score (nSPS) is 15.8. The van der Waals surface area contributed by atoms with Gasteiger partial charge in [-0.15, -0.1) is 0 Å². The monoisotopic (exact) mass is 292 g/mol. The molecule has 0 spiro atoms. The molecule has 1 N–H and O–H groups in total. The summed E-state index contributed by atoms with van der Waals surface area (Å²) in [7, 11) is 0. The molecule has 1 aliphatic rings. The Bertz CT molecular complexity index is 511. The SMILES string of the molecule is CC(=O)NC1CCN(C(=O)CCc2cccc(F)c2)CC1. The number of benzene rings is 1. The van der Waals surface area contributed by atoms with Gasteiger partial charge in [0.05, 0.1) is 0 Å². The van der Waals surface area contributed by atoms with Gasteiger partial charge in [0.1, 0.15) is 5.82 Å². The van der Waals surface area contributed by atoms with Gasteiger partial charge < -0.3 is 10.2 Å². The largest absolute Gasteiger partial charge is 0.353 e. The van der Waals surface area contributed by atoms with Gasteiger partial charge in [-0.25, -0.2) is 4.39 Å². The lowest BCUT2D eigenvalue weighted by Gasteiger charge is -2.32. The lowest BCUT2D eigenvalue weighted by molar-refractivity contribution is -0.132. The number of nitrogens with one attached hydrogen (secondary N) is 1. The standard InChI is InChI=1S/C16H21FN2O2/c1-12(20)18-15-7-9-19(10-8-15)16(21)6-5-13-3-2-4-14(17)11-13/h2-4,11,15H,5-10H2,1H3,(H,18,20). The predicted octanol–water partition coefficient (Wildman–Crippen LogP) is 1.89. The topological polar surface area (TPSA) is 49.4 Å². The minimum Gasteiger partial charge on any atom is -0.353 e. The van der Waals surface area contributed by atoms with E-state index in [0.717, 1.165) is 18.4 Å². The van der Waals surface area contributed by atoms with Gasteiger partial charge in [0.15, 0.2) is 0 Å². The molecule has 0 aromatic heterocycles. The van der Waals surface area contributed by atoms with E-state index in [0.29, 0.717) is 25.9 Å². The number of amides is 2. The first-order valence-electron chi connectivity index (χ1n) is 7.34. The van der Waals surface area contributed by atoms with Crippen molar-refractivity contribution in [2.75, 3.05) is 13.1 Å². The second-order valence-electron chi connectivity index (χ2n) is 5.49.